The smallest absolute Gasteiger partial charge is 0.410 e. The van der Waals surface area contributed by atoms with E-state index >= 15 is 0 Å². The molecule has 1 heterocycles. The van der Waals surface area contributed by atoms with Gasteiger partial charge in [-0.3, -0.25) is 4.79 Å². The molecule has 1 aliphatic heterocycles. The number of piperidine rings is 1. The Balaban J connectivity index is 2.74. The fraction of sp³-hybridized carbons (Fsp3) is 0.867. The van der Waals surface area contributed by atoms with Crippen molar-refractivity contribution in [3.63, 3.8) is 0 Å². The number of amides is 2. The summed E-state index contributed by atoms with van der Waals surface area (Å²) in [6.07, 6.45) is 1.45. The minimum absolute atomic E-state index is 0.00111. The number of hydrogen-bond donors (Lipinski definition) is 1. The highest BCUT2D eigenvalue weighted by Crippen LogP contribution is 2.20. The van der Waals surface area contributed by atoms with Gasteiger partial charge in [-0.15, -0.1) is 0 Å². The molecule has 0 radical (unpaired) electrons. The molecule has 0 aromatic rings. The first-order chi connectivity index (χ1) is 9.65. The summed E-state index contributed by atoms with van der Waals surface area (Å²) in [7, 11) is 0. The molecule has 1 fully saturated rings. The third-order valence-corrected chi connectivity index (χ3v) is 3.46. The second-order valence-electron chi connectivity index (χ2n) is 6.82. The monoisotopic (exact) mass is 299 g/mol. The number of ether oxygens (including phenoxy) is 1. The van der Waals surface area contributed by atoms with Crippen LogP contribution in [0.15, 0.2) is 0 Å². The van der Waals surface area contributed by atoms with Crippen LogP contribution in [0.3, 0.4) is 0 Å². The summed E-state index contributed by atoms with van der Waals surface area (Å²) >= 11 is 0. The van der Waals surface area contributed by atoms with E-state index < -0.39 is 5.60 Å². The standard InChI is InChI=1S/C15H29N3O3/c1-11(2)18(13(19)9-16)12-7-6-8-17(10-12)14(20)21-15(3,4)5/h11-12H,6-10,16H2,1-5H3/t12-/m1/s1. The molecular weight excluding hydrogens is 270 g/mol. The summed E-state index contributed by atoms with van der Waals surface area (Å²) in [5.41, 5.74) is 4.99. The maximum atomic E-state index is 12.2. The lowest BCUT2D eigenvalue weighted by Gasteiger charge is -2.41. The van der Waals surface area contributed by atoms with Gasteiger partial charge in [-0.05, 0) is 47.5 Å². The number of likely N-dealkylation sites (tertiary alicyclic amines) is 1. The molecule has 2 N–H and O–H groups in total. The van der Waals surface area contributed by atoms with Gasteiger partial charge in [-0.1, -0.05) is 0 Å². The van der Waals surface area contributed by atoms with Crippen molar-refractivity contribution in [1.29, 1.82) is 0 Å². The van der Waals surface area contributed by atoms with Crippen LogP contribution in [0.2, 0.25) is 0 Å². The van der Waals surface area contributed by atoms with Crippen molar-refractivity contribution in [3.05, 3.63) is 0 Å². The molecule has 21 heavy (non-hydrogen) atoms. The van der Waals surface area contributed by atoms with E-state index in [0.29, 0.717) is 13.1 Å². The van der Waals surface area contributed by atoms with Gasteiger partial charge in [0, 0.05) is 25.2 Å². The van der Waals surface area contributed by atoms with E-state index in [1.54, 1.807) is 9.80 Å². The molecule has 122 valence electrons. The highest BCUT2D eigenvalue weighted by atomic mass is 16.6. The Morgan fingerprint density at radius 3 is 2.48 bits per heavy atom. The SMILES string of the molecule is CC(C)N(C(=O)CN)[C@@H]1CCCN(C(=O)OC(C)(C)C)C1. The van der Waals surface area contributed by atoms with E-state index in [2.05, 4.69) is 0 Å². The first-order valence-electron chi connectivity index (χ1n) is 7.65. The summed E-state index contributed by atoms with van der Waals surface area (Å²) < 4.78 is 5.41. The van der Waals surface area contributed by atoms with Gasteiger partial charge in [0.15, 0.2) is 0 Å². The third-order valence-electron chi connectivity index (χ3n) is 3.46. The van der Waals surface area contributed by atoms with E-state index in [1.165, 1.54) is 0 Å². The van der Waals surface area contributed by atoms with Crippen LogP contribution >= 0.6 is 0 Å². The number of nitrogens with zero attached hydrogens (tertiary/aromatic N) is 2. The van der Waals surface area contributed by atoms with E-state index in [4.69, 9.17) is 10.5 Å². The Bertz CT molecular complexity index is 377. The maximum absolute atomic E-state index is 12.2. The van der Waals surface area contributed by atoms with Crippen molar-refractivity contribution in [2.75, 3.05) is 19.6 Å². The topological polar surface area (TPSA) is 75.9 Å². The van der Waals surface area contributed by atoms with Crippen LogP contribution in [-0.2, 0) is 9.53 Å². The molecular formula is C15H29N3O3. The highest BCUT2D eigenvalue weighted by molar-refractivity contribution is 5.78. The number of rotatable bonds is 3. The van der Waals surface area contributed by atoms with Gasteiger partial charge in [0.05, 0.1) is 6.54 Å². The van der Waals surface area contributed by atoms with Gasteiger partial charge in [0.25, 0.3) is 0 Å². The van der Waals surface area contributed by atoms with Crippen molar-refractivity contribution < 1.29 is 14.3 Å². The zero-order valence-electron chi connectivity index (χ0n) is 13.9. The summed E-state index contributed by atoms with van der Waals surface area (Å²) in [5.74, 6) is -0.0685. The zero-order valence-corrected chi connectivity index (χ0v) is 13.9. The lowest BCUT2D eigenvalue weighted by Crippen LogP contribution is -2.55. The lowest BCUT2D eigenvalue weighted by atomic mass is 10.0. The molecule has 1 saturated heterocycles. The molecule has 0 aromatic heterocycles. The Morgan fingerprint density at radius 2 is 2.00 bits per heavy atom. The predicted molar refractivity (Wildman–Crippen MR) is 81.9 cm³/mol. The normalized spacial score (nSPS) is 19.6. The van der Waals surface area contributed by atoms with Crippen molar-refractivity contribution in [3.8, 4) is 0 Å². The lowest BCUT2D eigenvalue weighted by molar-refractivity contribution is -0.135. The van der Waals surface area contributed by atoms with Crippen LogP contribution in [0.1, 0.15) is 47.5 Å². The molecule has 6 heteroatoms. The first-order valence-corrected chi connectivity index (χ1v) is 7.65. The Hall–Kier alpha value is -1.30. The van der Waals surface area contributed by atoms with Crippen molar-refractivity contribution in [2.45, 2.75) is 65.1 Å². The van der Waals surface area contributed by atoms with Crippen molar-refractivity contribution in [1.82, 2.24) is 9.80 Å². The molecule has 1 aliphatic rings. The van der Waals surface area contributed by atoms with Gasteiger partial charge in [-0.25, -0.2) is 4.79 Å². The molecule has 0 unspecified atom stereocenters. The minimum Gasteiger partial charge on any atom is -0.444 e. The van der Waals surface area contributed by atoms with Crippen LogP contribution in [0, 0.1) is 0 Å². The van der Waals surface area contributed by atoms with E-state index in [1.807, 2.05) is 34.6 Å². The fourth-order valence-electron chi connectivity index (χ4n) is 2.69. The van der Waals surface area contributed by atoms with E-state index in [0.717, 1.165) is 12.8 Å². The fourth-order valence-corrected chi connectivity index (χ4v) is 2.69. The number of hydrogen-bond acceptors (Lipinski definition) is 4. The van der Waals surface area contributed by atoms with Gasteiger partial charge in [0.1, 0.15) is 5.60 Å². The van der Waals surface area contributed by atoms with Crippen LogP contribution in [0.25, 0.3) is 0 Å². The molecule has 0 spiro atoms. The van der Waals surface area contributed by atoms with Crippen LogP contribution < -0.4 is 5.73 Å². The number of nitrogens with two attached hydrogens (primary N) is 1. The molecule has 6 nitrogen and oxygen atoms in total. The van der Waals surface area contributed by atoms with Gasteiger partial charge >= 0.3 is 6.09 Å². The molecule has 1 rings (SSSR count). The summed E-state index contributed by atoms with van der Waals surface area (Å²) in [5, 5.41) is 0. The first kappa shape index (κ1) is 17.8. The predicted octanol–water partition coefficient (Wildman–Crippen LogP) is 1.58. The van der Waals surface area contributed by atoms with Gasteiger partial charge < -0.3 is 20.3 Å². The third kappa shape index (κ3) is 5.19. The highest BCUT2D eigenvalue weighted by Gasteiger charge is 2.33. The Labute approximate surface area is 127 Å². The van der Waals surface area contributed by atoms with Gasteiger partial charge in [0.2, 0.25) is 5.91 Å². The quantitative estimate of drug-likeness (QED) is 0.858. The molecule has 0 aliphatic carbocycles. The summed E-state index contributed by atoms with van der Waals surface area (Å²) in [4.78, 5) is 27.7. The number of carbonyl (C=O) groups excluding carboxylic acids is 2. The van der Waals surface area contributed by atoms with E-state index in [9.17, 15) is 9.59 Å². The zero-order chi connectivity index (χ0) is 16.2. The van der Waals surface area contributed by atoms with Crippen molar-refractivity contribution in [2.24, 2.45) is 5.73 Å². The number of carbonyl (C=O) groups is 2. The molecule has 1 atom stereocenters. The maximum Gasteiger partial charge on any atom is 0.410 e. The molecule has 0 aromatic carbocycles. The second kappa shape index (κ2) is 7.11. The summed E-state index contributed by atoms with van der Waals surface area (Å²) in [6.45, 7) is 10.7. The Morgan fingerprint density at radius 1 is 1.38 bits per heavy atom. The molecule has 0 bridgehead atoms. The second-order valence-corrected chi connectivity index (χ2v) is 6.82. The molecule has 2 amide bonds. The minimum atomic E-state index is -0.505. The average molecular weight is 299 g/mol. The molecule has 0 saturated carbocycles. The summed E-state index contributed by atoms with van der Waals surface area (Å²) in [6, 6.07) is 0.0898. The van der Waals surface area contributed by atoms with Crippen molar-refractivity contribution >= 4 is 12.0 Å². The van der Waals surface area contributed by atoms with Crippen LogP contribution in [0.4, 0.5) is 4.79 Å². The van der Waals surface area contributed by atoms with Gasteiger partial charge in [-0.2, -0.15) is 0 Å². The largest absolute Gasteiger partial charge is 0.444 e. The average Bonchev–Trinajstić information content (AvgIpc) is 2.36. The van der Waals surface area contributed by atoms with Crippen LogP contribution in [0.5, 0.6) is 0 Å². The van der Waals surface area contributed by atoms with E-state index in [-0.39, 0.29) is 30.6 Å². The van der Waals surface area contributed by atoms with Crippen LogP contribution in [-0.4, -0.2) is 59.1 Å². The Kier molecular flexibility index (Phi) is 6.01.